The summed E-state index contributed by atoms with van der Waals surface area (Å²) in [5.41, 5.74) is 6.68. The molecule has 2 N–H and O–H groups in total. The number of fused-ring (bicyclic) bond motifs is 4. The molecular weight excluding hydrogens is 438 g/mol. The maximum atomic E-state index is 13.7. The summed E-state index contributed by atoms with van der Waals surface area (Å²) >= 11 is 0. The number of hydrogen-bond acceptors (Lipinski definition) is 6. The molecule has 0 radical (unpaired) electrons. The molecule has 3 unspecified atom stereocenters. The van der Waals surface area contributed by atoms with Crippen LogP contribution >= 0.6 is 0 Å². The van der Waals surface area contributed by atoms with Gasteiger partial charge in [-0.05, 0) is 61.3 Å². The summed E-state index contributed by atoms with van der Waals surface area (Å²) < 4.78 is 31.5. The Morgan fingerprint density at radius 1 is 1.18 bits per heavy atom. The van der Waals surface area contributed by atoms with Crippen LogP contribution < -0.4 is 15.4 Å². The van der Waals surface area contributed by atoms with Crippen molar-refractivity contribution in [2.75, 3.05) is 43.4 Å². The van der Waals surface area contributed by atoms with Gasteiger partial charge in [0.25, 0.3) is 0 Å². The molecule has 1 aromatic carbocycles. The van der Waals surface area contributed by atoms with Crippen LogP contribution in [0.2, 0.25) is 0 Å². The third-order valence-corrected chi connectivity index (χ3v) is 9.07. The predicted molar refractivity (Wildman–Crippen MR) is 133 cm³/mol. The molecule has 0 aliphatic carbocycles. The van der Waals surface area contributed by atoms with Crippen LogP contribution in [0.15, 0.2) is 24.3 Å². The molecule has 3 fully saturated rings. The van der Waals surface area contributed by atoms with Crippen molar-refractivity contribution >= 4 is 21.4 Å². The Morgan fingerprint density at radius 2 is 1.85 bits per heavy atom. The largest absolute Gasteiger partial charge is 0.494 e. The Hall–Kier alpha value is -1.80. The van der Waals surface area contributed by atoms with E-state index in [2.05, 4.69) is 30.9 Å². The number of carbonyl (C=O) groups is 1. The summed E-state index contributed by atoms with van der Waals surface area (Å²) in [4.78, 5) is 17.9. The first-order valence-corrected chi connectivity index (χ1v) is 13.9. The fourth-order valence-corrected chi connectivity index (χ4v) is 7.29. The van der Waals surface area contributed by atoms with Crippen LogP contribution in [0.4, 0.5) is 5.69 Å². The van der Waals surface area contributed by atoms with Crippen molar-refractivity contribution in [2.45, 2.75) is 58.8 Å². The van der Waals surface area contributed by atoms with Gasteiger partial charge in [-0.2, -0.15) is 0 Å². The zero-order valence-corrected chi connectivity index (χ0v) is 21.6. The van der Waals surface area contributed by atoms with Crippen molar-refractivity contribution in [1.29, 1.82) is 0 Å². The van der Waals surface area contributed by atoms with E-state index in [1.807, 2.05) is 37.8 Å². The highest BCUT2D eigenvalue weighted by Crippen LogP contribution is 2.43. The van der Waals surface area contributed by atoms with E-state index in [9.17, 15) is 13.2 Å². The lowest BCUT2D eigenvalue weighted by Crippen LogP contribution is -2.54. The van der Waals surface area contributed by atoms with E-state index in [0.29, 0.717) is 26.1 Å². The number of amides is 1. The molecule has 1 amide bonds. The highest BCUT2D eigenvalue weighted by molar-refractivity contribution is 7.92. The number of ether oxygens (including phenoxy) is 1. The average Bonchev–Trinajstić information content (AvgIpc) is 2.99. The predicted octanol–water partition coefficient (Wildman–Crippen LogP) is 2.94. The number of nitrogens with zero attached hydrogens (tertiary/aromatic N) is 2. The van der Waals surface area contributed by atoms with Gasteiger partial charge in [-0.25, -0.2) is 8.42 Å². The Balaban J connectivity index is 1.89. The van der Waals surface area contributed by atoms with Crippen molar-refractivity contribution < 1.29 is 17.9 Å². The number of anilines is 1. The molecule has 3 aliphatic rings. The molecule has 33 heavy (non-hydrogen) atoms. The van der Waals surface area contributed by atoms with Crippen LogP contribution in [-0.2, 0) is 14.6 Å². The van der Waals surface area contributed by atoms with Gasteiger partial charge in [0.05, 0.1) is 18.4 Å². The number of hydrogen-bond donors (Lipinski definition) is 1. The molecule has 3 aliphatic heterocycles. The minimum Gasteiger partial charge on any atom is -0.494 e. The van der Waals surface area contributed by atoms with E-state index < -0.39 is 15.1 Å². The smallest absolute Gasteiger partial charge is 0.240 e. The fraction of sp³-hybridized carbons (Fsp3) is 0.720. The lowest BCUT2D eigenvalue weighted by Gasteiger charge is -2.48. The molecular formula is C25H41N3O4S. The maximum Gasteiger partial charge on any atom is 0.240 e. The van der Waals surface area contributed by atoms with Gasteiger partial charge in [-0.15, -0.1) is 0 Å². The van der Waals surface area contributed by atoms with E-state index in [1.54, 1.807) is 0 Å². The molecule has 2 bridgehead atoms. The van der Waals surface area contributed by atoms with E-state index in [0.717, 1.165) is 24.4 Å². The van der Waals surface area contributed by atoms with Crippen molar-refractivity contribution in [3.63, 3.8) is 0 Å². The number of sulfone groups is 1. The number of benzene rings is 1. The minimum atomic E-state index is -3.59. The molecule has 3 saturated heterocycles. The highest BCUT2D eigenvalue weighted by Gasteiger charge is 2.48. The maximum absolute atomic E-state index is 13.7. The molecule has 3 atom stereocenters. The lowest BCUT2D eigenvalue weighted by atomic mass is 9.73. The third kappa shape index (κ3) is 5.83. The molecule has 4 rings (SSSR count). The van der Waals surface area contributed by atoms with E-state index in [-0.39, 0.29) is 41.5 Å². The van der Waals surface area contributed by atoms with Gasteiger partial charge >= 0.3 is 0 Å². The van der Waals surface area contributed by atoms with Crippen molar-refractivity contribution in [3.8, 4) is 5.75 Å². The number of nitrogens with two attached hydrogens (primary N) is 1. The Morgan fingerprint density at radius 3 is 2.42 bits per heavy atom. The SMILES string of the molecule is CCOc1ccc(N2CC3CN(C(=O)C(CC(C)C)S(=O)(=O)CCN)CC2C(C)(C)C3)cc1. The third-order valence-electron chi connectivity index (χ3n) is 7.01. The quantitative estimate of drug-likeness (QED) is 0.585. The van der Waals surface area contributed by atoms with Gasteiger partial charge in [-0.3, -0.25) is 4.79 Å². The minimum absolute atomic E-state index is 0.000213. The van der Waals surface area contributed by atoms with Gasteiger partial charge in [0.15, 0.2) is 9.84 Å². The second kappa shape index (κ2) is 10.2. The Labute approximate surface area is 199 Å². The highest BCUT2D eigenvalue weighted by atomic mass is 32.2. The Bertz CT molecular complexity index is 914. The van der Waals surface area contributed by atoms with E-state index in [1.165, 1.54) is 0 Å². The topological polar surface area (TPSA) is 92.9 Å². The van der Waals surface area contributed by atoms with Crippen molar-refractivity contribution in [3.05, 3.63) is 24.3 Å². The van der Waals surface area contributed by atoms with Gasteiger partial charge in [0, 0.05) is 31.9 Å². The monoisotopic (exact) mass is 479 g/mol. The van der Waals surface area contributed by atoms with Crippen LogP contribution in [0.1, 0.15) is 47.5 Å². The van der Waals surface area contributed by atoms with E-state index >= 15 is 0 Å². The summed E-state index contributed by atoms with van der Waals surface area (Å²) in [6, 6.07) is 8.26. The van der Waals surface area contributed by atoms with Gasteiger partial charge < -0.3 is 20.3 Å². The number of carbonyl (C=O) groups excluding carboxylic acids is 1. The summed E-state index contributed by atoms with van der Waals surface area (Å²) in [5, 5.41) is -1.01. The Kier molecular flexibility index (Phi) is 7.99. The zero-order chi connectivity index (χ0) is 24.4. The van der Waals surface area contributed by atoms with Crippen LogP contribution in [-0.4, -0.2) is 69.1 Å². The normalized spacial score (nSPS) is 23.5. The fourth-order valence-electron chi connectivity index (χ4n) is 5.54. The second-order valence-electron chi connectivity index (χ2n) is 10.7. The van der Waals surface area contributed by atoms with Crippen LogP contribution in [0.3, 0.4) is 0 Å². The van der Waals surface area contributed by atoms with Crippen molar-refractivity contribution in [2.24, 2.45) is 23.0 Å². The first-order valence-electron chi connectivity index (χ1n) is 12.2. The molecule has 0 saturated carbocycles. The van der Waals surface area contributed by atoms with Crippen LogP contribution in [0.5, 0.6) is 5.75 Å². The molecule has 186 valence electrons. The first-order chi connectivity index (χ1) is 15.5. The standard InChI is InChI=1S/C25H41N3O4S/c1-6-32-21-9-7-20(8-10-21)28-16-19-14-25(4,5)23(28)17-27(15-19)24(29)22(13-18(2)3)33(30,31)12-11-26/h7-10,18-19,22-23H,6,11-17,26H2,1-5H3. The summed E-state index contributed by atoms with van der Waals surface area (Å²) in [5.74, 6) is 0.830. The first kappa shape index (κ1) is 25.8. The zero-order valence-electron chi connectivity index (χ0n) is 20.8. The second-order valence-corrected chi connectivity index (χ2v) is 13.0. The molecule has 8 heteroatoms. The van der Waals surface area contributed by atoms with Gasteiger partial charge in [0.2, 0.25) is 5.91 Å². The van der Waals surface area contributed by atoms with Crippen LogP contribution in [0.25, 0.3) is 0 Å². The summed E-state index contributed by atoms with van der Waals surface area (Å²) in [7, 11) is -3.59. The van der Waals surface area contributed by atoms with Crippen molar-refractivity contribution in [1.82, 2.24) is 4.90 Å². The molecule has 7 nitrogen and oxygen atoms in total. The molecule has 3 heterocycles. The van der Waals surface area contributed by atoms with Gasteiger partial charge in [0.1, 0.15) is 11.0 Å². The number of rotatable bonds is 9. The van der Waals surface area contributed by atoms with E-state index in [4.69, 9.17) is 10.5 Å². The van der Waals surface area contributed by atoms with Gasteiger partial charge in [-0.1, -0.05) is 27.7 Å². The van der Waals surface area contributed by atoms with Crippen LogP contribution in [0, 0.1) is 17.3 Å². The number of piperidine rings is 1. The molecule has 0 aromatic heterocycles. The summed E-state index contributed by atoms with van der Waals surface area (Å²) in [6.07, 6.45) is 1.35. The summed E-state index contributed by atoms with van der Waals surface area (Å²) in [6.45, 7) is 13.1. The lowest BCUT2D eigenvalue weighted by molar-refractivity contribution is -0.131. The molecule has 0 spiro atoms. The average molecular weight is 480 g/mol. The molecule has 1 aromatic rings.